The largest absolute Gasteiger partial charge is 0.494 e. The summed E-state index contributed by atoms with van der Waals surface area (Å²) in [6.07, 6.45) is 0. The summed E-state index contributed by atoms with van der Waals surface area (Å²) in [5, 5.41) is 2.68. The van der Waals surface area contributed by atoms with Crippen LogP contribution in [0.1, 0.15) is 12.5 Å². The number of halogens is 1. The number of ether oxygens (including phenoxy) is 2. The Morgan fingerprint density at radius 2 is 1.73 bits per heavy atom. The monoisotopic (exact) mass is 303 g/mol. The number of hydrogen-bond donors (Lipinski definition) is 1. The summed E-state index contributed by atoms with van der Waals surface area (Å²) in [5.74, 6) is 0.695. The van der Waals surface area contributed by atoms with Gasteiger partial charge in [0.2, 0.25) is 0 Å². The van der Waals surface area contributed by atoms with E-state index in [1.807, 2.05) is 6.92 Å². The number of carbonyl (C=O) groups excluding carboxylic acids is 1. The van der Waals surface area contributed by atoms with Gasteiger partial charge in [0.05, 0.1) is 6.61 Å². The highest BCUT2D eigenvalue weighted by atomic mass is 19.1. The molecule has 0 radical (unpaired) electrons. The second-order valence-corrected chi connectivity index (χ2v) is 4.70. The van der Waals surface area contributed by atoms with E-state index in [1.165, 1.54) is 18.2 Å². The van der Waals surface area contributed by atoms with Crippen LogP contribution in [0.2, 0.25) is 0 Å². The first-order valence-corrected chi connectivity index (χ1v) is 7.00. The van der Waals surface area contributed by atoms with E-state index in [1.54, 1.807) is 31.2 Å². The number of nitrogens with one attached hydrogen (secondary N) is 1. The summed E-state index contributed by atoms with van der Waals surface area (Å²) in [7, 11) is 0. The lowest BCUT2D eigenvalue weighted by atomic mass is 10.2. The smallest absolute Gasteiger partial charge is 0.262 e. The lowest BCUT2D eigenvalue weighted by Crippen LogP contribution is -2.20. The number of carbonyl (C=O) groups is 1. The van der Waals surface area contributed by atoms with Gasteiger partial charge in [0.1, 0.15) is 17.3 Å². The Kier molecular flexibility index (Phi) is 5.36. The van der Waals surface area contributed by atoms with Gasteiger partial charge in [-0.15, -0.1) is 0 Å². The van der Waals surface area contributed by atoms with Crippen LogP contribution in [0.25, 0.3) is 0 Å². The maximum absolute atomic E-state index is 13.0. The van der Waals surface area contributed by atoms with Gasteiger partial charge >= 0.3 is 0 Å². The van der Waals surface area contributed by atoms with Crippen molar-refractivity contribution in [2.24, 2.45) is 0 Å². The summed E-state index contributed by atoms with van der Waals surface area (Å²) in [5.41, 5.74) is 1.23. The summed E-state index contributed by atoms with van der Waals surface area (Å²) in [6, 6.07) is 11.2. The maximum Gasteiger partial charge on any atom is 0.262 e. The van der Waals surface area contributed by atoms with Gasteiger partial charge in [-0.3, -0.25) is 4.79 Å². The Morgan fingerprint density at radius 3 is 2.32 bits per heavy atom. The normalized spacial score (nSPS) is 10.1. The molecule has 0 aliphatic carbocycles. The molecule has 0 aliphatic rings. The van der Waals surface area contributed by atoms with Crippen LogP contribution in [-0.4, -0.2) is 19.1 Å². The van der Waals surface area contributed by atoms with E-state index in [4.69, 9.17) is 9.47 Å². The molecule has 1 N–H and O–H groups in total. The zero-order valence-corrected chi connectivity index (χ0v) is 12.6. The van der Waals surface area contributed by atoms with Gasteiger partial charge in [-0.1, -0.05) is 0 Å². The van der Waals surface area contributed by atoms with Gasteiger partial charge in [0, 0.05) is 5.69 Å². The highest BCUT2D eigenvalue weighted by molar-refractivity contribution is 5.92. The van der Waals surface area contributed by atoms with Gasteiger partial charge in [-0.2, -0.15) is 0 Å². The number of anilines is 1. The van der Waals surface area contributed by atoms with Crippen molar-refractivity contribution in [2.45, 2.75) is 13.8 Å². The lowest BCUT2D eigenvalue weighted by molar-refractivity contribution is -0.118. The molecule has 0 aromatic heterocycles. The van der Waals surface area contributed by atoms with E-state index < -0.39 is 0 Å². The zero-order chi connectivity index (χ0) is 15.9. The quantitative estimate of drug-likeness (QED) is 0.887. The van der Waals surface area contributed by atoms with Crippen molar-refractivity contribution in [1.29, 1.82) is 0 Å². The molecule has 5 heteroatoms. The van der Waals surface area contributed by atoms with E-state index in [0.29, 0.717) is 23.6 Å². The molecule has 2 rings (SSSR count). The Morgan fingerprint density at radius 1 is 1.09 bits per heavy atom. The Labute approximate surface area is 128 Å². The van der Waals surface area contributed by atoms with Crippen molar-refractivity contribution >= 4 is 11.6 Å². The van der Waals surface area contributed by atoms with Crippen molar-refractivity contribution in [3.63, 3.8) is 0 Å². The molecule has 0 saturated carbocycles. The third-order valence-corrected chi connectivity index (χ3v) is 2.97. The highest BCUT2D eigenvalue weighted by Gasteiger charge is 2.06. The van der Waals surface area contributed by atoms with Crippen LogP contribution in [-0.2, 0) is 4.79 Å². The summed E-state index contributed by atoms with van der Waals surface area (Å²) in [6.45, 7) is 4.11. The highest BCUT2D eigenvalue weighted by Crippen LogP contribution is 2.18. The minimum absolute atomic E-state index is 0.120. The predicted octanol–water partition coefficient (Wildman–Crippen LogP) is 3.55. The van der Waals surface area contributed by atoms with Gasteiger partial charge < -0.3 is 14.8 Å². The van der Waals surface area contributed by atoms with Crippen LogP contribution >= 0.6 is 0 Å². The molecule has 0 aliphatic heterocycles. The van der Waals surface area contributed by atoms with Crippen molar-refractivity contribution < 1.29 is 18.7 Å². The fraction of sp³-hybridized carbons (Fsp3) is 0.235. The van der Waals surface area contributed by atoms with Gasteiger partial charge in [-0.05, 0) is 61.9 Å². The predicted molar refractivity (Wildman–Crippen MR) is 82.9 cm³/mol. The van der Waals surface area contributed by atoms with Crippen molar-refractivity contribution in [1.82, 2.24) is 0 Å². The molecule has 0 fully saturated rings. The van der Waals surface area contributed by atoms with Crippen LogP contribution in [0.5, 0.6) is 11.5 Å². The van der Waals surface area contributed by atoms with E-state index >= 15 is 0 Å². The Hall–Kier alpha value is -2.56. The molecule has 0 spiro atoms. The topological polar surface area (TPSA) is 47.6 Å². The average Bonchev–Trinajstić information content (AvgIpc) is 2.50. The molecule has 0 heterocycles. The molecule has 22 heavy (non-hydrogen) atoms. The summed E-state index contributed by atoms with van der Waals surface area (Å²) < 4.78 is 23.7. The molecule has 116 valence electrons. The summed E-state index contributed by atoms with van der Waals surface area (Å²) in [4.78, 5) is 11.8. The molecule has 1 amide bonds. The van der Waals surface area contributed by atoms with E-state index in [0.717, 1.165) is 5.75 Å². The van der Waals surface area contributed by atoms with Crippen LogP contribution in [0.15, 0.2) is 42.5 Å². The molecular formula is C17H18FNO3. The van der Waals surface area contributed by atoms with Crippen LogP contribution in [0.4, 0.5) is 10.1 Å². The minimum atomic E-state index is -0.332. The first-order valence-electron chi connectivity index (χ1n) is 7.00. The van der Waals surface area contributed by atoms with Crippen LogP contribution < -0.4 is 14.8 Å². The van der Waals surface area contributed by atoms with Crippen LogP contribution in [0, 0.1) is 12.7 Å². The third kappa shape index (κ3) is 4.48. The number of benzene rings is 2. The number of amides is 1. The van der Waals surface area contributed by atoms with Gasteiger partial charge in [0.25, 0.3) is 5.91 Å². The van der Waals surface area contributed by atoms with E-state index in [-0.39, 0.29) is 18.3 Å². The van der Waals surface area contributed by atoms with Crippen LogP contribution in [0.3, 0.4) is 0 Å². The number of hydrogen-bond acceptors (Lipinski definition) is 3. The van der Waals surface area contributed by atoms with Crippen molar-refractivity contribution in [2.75, 3.05) is 18.5 Å². The minimum Gasteiger partial charge on any atom is -0.494 e. The fourth-order valence-electron chi connectivity index (χ4n) is 1.90. The molecule has 2 aromatic carbocycles. The number of aryl methyl sites for hydroxylation is 1. The van der Waals surface area contributed by atoms with E-state index in [2.05, 4.69) is 5.32 Å². The molecule has 0 unspecified atom stereocenters. The Bertz CT molecular complexity index is 641. The second kappa shape index (κ2) is 7.45. The summed E-state index contributed by atoms with van der Waals surface area (Å²) >= 11 is 0. The average molecular weight is 303 g/mol. The van der Waals surface area contributed by atoms with Crippen molar-refractivity contribution in [3.05, 3.63) is 53.8 Å². The molecule has 0 atom stereocenters. The van der Waals surface area contributed by atoms with Gasteiger partial charge in [-0.25, -0.2) is 4.39 Å². The molecular weight excluding hydrogens is 285 g/mol. The third-order valence-electron chi connectivity index (χ3n) is 2.97. The SMILES string of the molecule is CCOc1ccc(OCC(=O)Nc2ccc(F)cc2C)cc1. The first-order chi connectivity index (χ1) is 10.6. The fourth-order valence-corrected chi connectivity index (χ4v) is 1.90. The first kappa shape index (κ1) is 15.8. The Balaban J connectivity index is 1.87. The molecule has 0 bridgehead atoms. The molecule has 4 nitrogen and oxygen atoms in total. The number of rotatable bonds is 6. The molecule has 0 saturated heterocycles. The second-order valence-electron chi connectivity index (χ2n) is 4.70. The van der Waals surface area contributed by atoms with E-state index in [9.17, 15) is 9.18 Å². The van der Waals surface area contributed by atoms with Crippen molar-refractivity contribution in [3.8, 4) is 11.5 Å². The lowest BCUT2D eigenvalue weighted by Gasteiger charge is -2.10. The zero-order valence-electron chi connectivity index (χ0n) is 12.6. The molecule has 2 aromatic rings. The maximum atomic E-state index is 13.0. The van der Waals surface area contributed by atoms with Gasteiger partial charge in [0.15, 0.2) is 6.61 Å². The standard InChI is InChI=1S/C17H18FNO3/c1-3-21-14-5-7-15(8-6-14)22-11-17(20)19-16-9-4-13(18)10-12(16)2/h4-10H,3,11H2,1-2H3,(H,19,20).